The van der Waals surface area contributed by atoms with Crippen LogP contribution in [0.3, 0.4) is 0 Å². The highest BCUT2D eigenvalue weighted by atomic mass is 35.5. The number of amides is 2. The number of carbonyl (C=O) groups excluding carboxylic acids is 3. The number of para-hydroxylation sites is 1. The number of allylic oxidation sites excluding steroid dienone is 1. The van der Waals surface area contributed by atoms with Crippen LogP contribution in [0.2, 0.25) is 5.02 Å². The van der Waals surface area contributed by atoms with Crippen molar-refractivity contribution in [1.82, 2.24) is 4.90 Å². The fraction of sp³-hybridized carbons (Fsp3) is 0.346. The first kappa shape index (κ1) is 21.0. The standard InChI is InChI=1S/C26H25ClN2O3/c1-4-15(3)28-25(31)21-20-13-14(2)18-7-5-6-8-19(18)29(20)23(22(21)26(28)32)24(30)16-9-11-17(27)12-10-16/h5-13,15,20-23H,4H2,1-3H3/t15-,20-,21-,22-,23+/m0/s1. The Balaban J connectivity index is 1.68. The second-order valence-corrected chi connectivity index (χ2v) is 9.37. The molecular formula is C26H25ClN2O3. The Hall–Kier alpha value is -2.92. The van der Waals surface area contributed by atoms with Crippen LogP contribution in [0.15, 0.2) is 54.6 Å². The number of fused-ring (bicyclic) bond motifs is 5. The van der Waals surface area contributed by atoms with Gasteiger partial charge in [-0.3, -0.25) is 19.3 Å². The highest BCUT2D eigenvalue weighted by molar-refractivity contribution is 6.30. The summed E-state index contributed by atoms with van der Waals surface area (Å²) >= 11 is 6.04. The van der Waals surface area contributed by atoms with Crippen LogP contribution in [0, 0.1) is 11.8 Å². The number of ketones is 1. The number of imide groups is 1. The highest BCUT2D eigenvalue weighted by Crippen LogP contribution is 2.50. The predicted molar refractivity (Wildman–Crippen MR) is 125 cm³/mol. The first-order chi connectivity index (χ1) is 15.3. The molecule has 3 aliphatic rings. The van der Waals surface area contributed by atoms with E-state index in [4.69, 9.17) is 11.6 Å². The lowest BCUT2D eigenvalue weighted by Crippen LogP contribution is -2.50. The molecule has 0 N–H and O–H groups in total. The van der Waals surface area contributed by atoms with Crippen molar-refractivity contribution in [3.8, 4) is 0 Å². The summed E-state index contributed by atoms with van der Waals surface area (Å²) in [4.78, 5) is 44.4. The van der Waals surface area contributed by atoms with Crippen molar-refractivity contribution in [2.75, 3.05) is 4.90 Å². The van der Waals surface area contributed by atoms with Crippen molar-refractivity contribution < 1.29 is 14.4 Å². The number of likely N-dealkylation sites (tertiary alicyclic amines) is 1. The Bertz CT molecular complexity index is 1160. The summed E-state index contributed by atoms with van der Waals surface area (Å²) in [5, 5.41) is 0.542. The van der Waals surface area contributed by atoms with Crippen LogP contribution in [-0.4, -0.2) is 40.6 Å². The van der Waals surface area contributed by atoms with E-state index in [0.717, 1.165) is 16.8 Å². The summed E-state index contributed by atoms with van der Waals surface area (Å²) < 4.78 is 0. The van der Waals surface area contributed by atoms with Crippen LogP contribution in [0.4, 0.5) is 5.69 Å². The van der Waals surface area contributed by atoms with Crippen LogP contribution < -0.4 is 4.90 Å². The summed E-state index contributed by atoms with van der Waals surface area (Å²) in [5.41, 5.74) is 3.47. The third kappa shape index (κ3) is 2.87. The fourth-order valence-electron chi connectivity index (χ4n) is 5.52. The van der Waals surface area contributed by atoms with Gasteiger partial charge in [-0.25, -0.2) is 0 Å². The van der Waals surface area contributed by atoms with E-state index >= 15 is 0 Å². The van der Waals surface area contributed by atoms with E-state index in [1.165, 1.54) is 4.90 Å². The SMILES string of the molecule is CC[C@H](C)N1C(=O)[C@@H]2[C@H](C1=O)[C@H](C(=O)c1ccc(Cl)cc1)N1c3ccccc3C(C)=C[C@@H]21. The molecule has 2 aromatic rings. The molecule has 3 aliphatic heterocycles. The summed E-state index contributed by atoms with van der Waals surface area (Å²) in [7, 11) is 0. The molecule has 0 aromatic heterocycles. The molecule has 2 fully saturated rings. The first-order valence-electron chi connectivity index (χ1n) is 11.1. The minimum atomic E-state index is -0.748. The summed E-state index contributed by atoms with van der Waals surface area (Å²) in [6, 6.07) is 13.4. The second-order valence-electron chi connectivity index (χ2n) is 8.94. The van der Waals surface area contributed by atoms with Crippen LogP contribution in [0.1, 0.15) is 43.1 Å². The van der Waals surface area contributed by atoms with Gasteiger partial charge in [-0.05, 0) is 56.2 Å². The van der Waals surface area contributed by atoms with E-state index in [2.05, 4.69) is 6.08 Å². The van der Waals surface area contributed by atoms with Gasteiger partial charge in [0.25, 0.3) is 0 Å². The van der Waals surface area contributed by atoms with Crippen molar-refractivity contribution in [2.45, 2.75) is 45.3 Å². The van der Waals surface area contributed by atoms with Crippen LogP contribution in [-0.2, 0) is 9.59 Å². The Kier molecular flexibility index (Phi) is 4.97. The molecule has 2 amide bonds. The van der Waals surface area contributed by atoms with Gasteiger partial charge < -0.3 is 4.90 Å². The van der Waals surface area contributed by atoms with Gasteiger partial charge in [0, 0.05) is 27.9 Å². The number of hydrogen-bond donors (Lipinski definition) is 0. The van der Waals surface area contributed by atoms with Crippen molar-refractivity contribution in [2.24, 2.45) is 11.8 Å². The van der Waals surface area contributed by atoms with E-state index in [0.29, 0.717) is 17.0 Å². The minimum absolute atomic E-state index is 0.158. The van der Waals surface area contributed by atoms with Gasteiger partial charge >= 0.3 is 0 Å². The fourth-order valence-corrected chi connectivity index (χ4v) is 5.65. The third-order valence-electron chi connectivity index (χ3n) is 7.22. The maximum atomic E-state index is 13.9. The number of benzene rings is 2. The normalized spacial score (nSPS) is 27.1. The molecule has 6 heteroatoms. The van der Waals surface area contributed by atoms with Crippen molar-refractivity contribution >= 4 is 40.5 Å². The topological polar surface area (TPSA) is 57.7 Å². The van der Waals surface area contributed by atoms with Gasteiger partial charge in [0.05, 0.1) is 17.9 Å². The van der Waals surface area contributed by atoms with Crippen molar-refractivity contribution in [1.29, 1.82) is 0 Å². The number of Topliss-reactive ketones (excluding diaryl/α,β-unsaturated/α-hetero) is 1. The predicted octanol–water partition coefficient (Wildman–Crippen LogP) is 4.60. The molecule has 5 nitrogen and oxygen atoms in total. The maximum Gasteiger partial charge on any atom is 0.236 e. The van der Waals surface area contributed by atoms with Crippen molar-refractivity contribution in [3.63, 3.8) is 0 Å². The average molecular weight is 449 g/mol. The number of anilines is 1. The smallest absolute Gasteiger partial charge is 0.236 e. The molecule has 5 atom stereocenters. The molecule has 0 spiro atoms. The van der Waals surface area contributed by atoms with Gasteiger partial charge in [0.2, 0.25) is 11.8 Å². The second kappa shape index (κ2) is 7.59. The van der Waals surface area contributed by atoms with Crippen molar-refractivity contribution in [3.05, 3.63) is 70.8 Å². The largest absolute Gasteiger partial charge is 0.352 e. The molecule has 0 unspecified atom stereocenters. The monoisotopic (exact) mass is 448 g/mol. The van der Waals surface area contributed by atoms with Gasteiger partial charge in [-0.2, -0.15) is 0 Å². The van der Waals surface area contributed by atoms with Gasteiger partial charge in [-0.15, -0.1) is 0 Å². The van der Waals surface area contributed by atoms with E-state index in [1.54, 1.807) is 24.3 Å². The van der Waals surface area contributed by atoms with Crippen LogP contribution in [0.5, 0.6) is 0 Å². The lowest BCUT2D eigenvalue weighted by atomic mass is 9.85. The molecular weight excluding hydrogens is 424 g/mol. The Morgan fingerprint density at radius 2 is 1.69 bits per heavy atom. The molecule has 164 valence electrons. The molecule has 0 radical (unpaired) electrons. The quantitative estimate of drug-likeness (QED) is 0.506. The molecule has 5 rings (SSSR count). The van der Waals surface area contributed by atoms with Crippen LogP contribution in [0.25, 0.3) is 5.57 Å². The Labute approximate surface area is 192 Å². The average Bonchev–Trinajstić information content (AvgIpc) is 3.26. The van der Waals surface area contributed by atoms with E-state index in [9.17, 15) is 14.4 Å². The summed E-state index contributed by atoms with van der Waals surface area (Å²) in [6.07, 6.45) is 2.74. The number of halogens is 1. The summed E-state index contributed by atoms with van der Waals surface area (Å²) in [5.74, 6) is -1.84. The molecule has 0 saturated carbocycles. The molecule has 2 aromatic carbocycles. The Morgan fingerprint density at radius 1 is 1.03 bits per heavy atom. The van der Waals surface area contributed by atoms with Gasteiger partial charge in [0.1, 0.15) is 6.04 Å². The number of nitrogens with zero attached hydrogens (tertiary/aromatic N) is 2. The third-order valence-corrected chi connectivity index (χ3v) is 7.47. The lowest BCUT2D eigenvalue weighted by molar-refractivity contribution is -0.142. The number of rotatable bonds is 4. The first-order valence-corrected chi connectivity index (χ1v) is 11.5. The molecule has 3 heterocycles. The lowest BCUT2D eigenvalue weighted by Gasteiger charge is -2.38. The zero-order valence-electron chi connectivity index (χ0n) is 18.3. The minimum Gasteiger partial charge on any atom is -0.352 e. The zero-order valence-corrected chi connectivity index (χ0v) is 19.0. The zero-order chi connectivity index (χ0) is 22.7. The molecule has 2 saturated heterocycles. The van der Waals surface area contributed by atoms with E-state index in [-0.39, 0.29) is 29.7 Å². The van der Waals surface area contributed by atoms with Crippen LogP contribution >= 0.6 is 11.6 Å². The summed E-state index contributed by atoms with van der Waals surface area (Å²) in [6.45, 7) is 5.87. The molecule has 32 heavy (non-hydrogen) atoms. The highest BCUT2D eigenvalue weighted by Gasteiger charge is 2.64. The molecule has 0 bridgehead atoms. The van der Waals surface area contributed by atoms with Gasteiger partial charge in [0.15, 0.2) is 5.78 Å². The molecule has 0 aliphatic carbocycles. The van der Waals surface area contributed by atoms with E-state index < -0.39 is 17.9 Å². The van der Waals surface area contributed by atoms with E-state index in [1.807, 2.05) is 49.9 Å². The Morgan fingerprint density at radius 3 is 2.38 bits per heavy atom. The number of hydrogen-bond acceptors (Lipinski definition) is 4. The number of carbonyl (C=O) groups is 3. The van der Waals surface area contributed by atoms with Gasteiger partial charge in [-0.1, -0.05) is 42.8 Å². The maximum absolute atomic E-state index is 13.9.